The third-order valence-electron chi connectivity index (χ3n) is 6.53. The zero-order valence-corrected chi connectivity index (χ0v) is 16.7. The van der Waals surface area contributed by atoms with Gasteiger partial charge in [0, 0.05) is 44.5 Å². The first-order valence-corrected chi connectivity index (χ1v) is 10.2. The molecule has 1 atom stereocenters. The molecule has 2 aliphatic rings. The first-order valence-electron chi connectivity index (χ1n) is 10.2. The predicted molar refractivity (Wildman–Crippen MR) is 104 cm³/mol. The van der Waals surface area contributed by atoms with Crippen molar-refractivity contribution in [3.8, 4) is 0 Å². The molecule has 1 aromatic carbocycles. The molecule has 0 bridgehead atoms. The van der Waals surface area contributed by atoms with E-state index < -0.39 is 11.7 Å². The van der Waals surface area contributed by atoms with E-state index in [2.05, 4.69) is 29.0 Å². The summed E-state index contributed by atoms with van der Waals surface area (Å²) in [7, 11) is 0. The minimum Gasteiger partial charge on any atom is -0.369 e. The normalized spacial score (nSPS) is 23.1. The van der Waals surface area contributed by atoms with Gasteiger partial charge >= 0.3 is 6.18 Å². The molecule has 1 amide bonds. The molecule has 7 heteroatoms. The van der Waals surface area contributed by atoms with Gasteiger partial charge in [0.25, 0.3) is 0 Å². The van der Waals surface area contributed by atoms with Crippen LogP contribution < -0.4 is 10.2 Å². The number of rotatable bonds is 6. The molecule has 0 spiro atoms. The Morgan fingerprint density at radius 2 is 1.68 bits per heavy atom. The van der Waals surface area contributed by atoms with Crippen molar-refractivity contribution in [1.82, 2.24) is 10.2 Å². The van der Waals surface area contributed by atoms with Crippen molar-refractivity contribution in [2.75, 3.05) is 37.6 Å². The van der Waals surface area contributed by atoms with Gasteiger partial charge < -0.3 is 10.2 Å². The molecule has 3 rings (SSSR count). The minimum absolute atomic E-state index is 0.189. The van der Waals surface area contributed by atoms with E-state index in [0.29, 0.717) is 0 Å². The van der Waals surface area contributed by atoms with E-state index >= 15 is 0 Å². The highest BCUT2D eigenvalue weighted by molar-refractivity contribution is 5.85. The summed E-state index contributed by atoms with van der Waals surface area (Å²) in [5.41, 5.74) is 0.0430. The second-order valence-corrected chi connectivity index (χ2v) is 8.02. The van der Waals surface area contributed by atoms with Crippen molar-refractivity contribution >= 4 is 11.6 Å². The molecule has 156 valence electrons. The maximum absolute atomic E-state index is 12.7. The zero-order chi connectivity index (χ0) is 20.4. The Morgan fingerprint density at radius 3 is 2.18 bits per heavy atom. The molecule has 1 aromatic rings. The number of alkyl halides is 3. The van der Waals surface area contributed by atoms with Gasteiger partial charge in [-0.1, -0.05) is 13.8 Å². The number of benzene rings is 1. The molecule has 0 unspecified atom stereocenters. The molecule has 0 saturated carbocycles. The van der Waals surface area contributed by atoms with Gasteiger partial charge in [-0.05, 0) is 49.9 Å². The van der Waals surface area contributed by atoms with Crippen LogP contribution >= 0.6 is 0 Å². The van der Waals surface area contributed by atoms with E-state index in [1.807, 2.05) is 0 Å². The number of anilines is 1. The van der Waals surface area contributed by atoms with E-state index in [9.17, 15) is 18.0 Å². The van der Waals surface area contributed by atoms with E-state index in [0.717, 1.165) is 76.2 Å². The highest BCUT2D eigenvalue weighted by Crippen LogP contribution is 2.37. The second-order valence-electron chi connectivity index (χ2n) is 8.02. The van der Waals surface area contributed by atoms with Gasteiger partial charge in [-0.15, -0.1) is 0 Å². The topological polar surface area (TPSA) is 35.6 Å². The van der Waals surface area contributed by atoms with Crippen LogP contribution in [0.2, 0.25) is 0 Å². The third kappa shape index (κ3) is 4.45. The summed E-state index contributed by atoms with van der Waals surface area (Å²) in [5, 5.41) is 3.17. The molecule has 0 radical (unpaired) electrons. The van der Waals surface area contributed by atoms with Gasteiger partial charge in [0.15, 0.2) is 0 Å². The quantitative estimate of drug-likeness (QED) is 0.791. The van der Waals surface area contributed by atoms with Gasteiger partial charge in [-0.25, -0.2) is 0 Å². The summed E-state index contributed by atoms with van der Waals surface area (Å²) in [6, 6.07) is 5.67. The maximum atomic E-state index is 12.7. The number of piperazine rings is 1. The fraction of sp³-hybridized carbons (Fsp3) is 0.667. The SMILES string of the molecule is CCC1(CC)C[C@H](CCN2CCN(c3ccc(C(F)(F)F)cc3)CC2)NC1=O. The Labute approximate surface area is 165 Å². The smallest absolute Gasteiger partial charge is 0.369 e. The van der Waals surface area contributed by atoms with Crippen LogP contribution in [-0.2, 0) is 11.0 Å². The van der Waals surface area contributed by atoms with Crippen molar-refractivity contribution < 1.29 is 18.0 Å². The number of nitrogens with zero attached hydrogens (tertiary/aromatic N) is 2. The number of carbonyl (C=O) groups is 1. The van der Waals surface area contributed by atoms with Crippen LogP contribution in [0.1, 0.15) is 45.1 Å². The molecule has 2 fully saturated rings. The number of hydrogen-bond acceptors (Lipinski definition) is 3. The standard InChI is InChI=1S/C21H30F3N3O/c1-3-20(4-2)15-17(25-19(20)28)9-10-26-11-13-27(14-12-26)18-7-5-16(6-8-18)21(22,23)24/h5-8,17H,3-4,9-15H2,1-2H3,(H,25,28)/t17-/m0/s1. The summed E-state index contributed by atoms with van der Waals surface area (Å²) in [6.45, 7) is 8.49. The largest absolute Gasteiger partial charge is 0.416 e. The van der Waals surface area contributed by atoms with E-state index in [-0.39, 0.29) is 17.4 Å². The highest BCUT2D eigenvalue weighted by Gasteiger charge is 2.43. The monoisotopic (exact) mass is 397 g/mol. The summed E-state index contributed by atoms with van der Waals surface area (Å²) >= 11 is 0. The van der Waals surface area contributed by atoms with E-state index in [1.165, 1.54) is 0 Å². The van der Waals surface area contributed by atoms with Crippen LogP contribution in [-0.4, -0.2) is 49.6 Å². The maximum Gasteiger partial charge on any atom is 0.416 e. The van der Waals surface area contributed by atoms with Crippen molar-refractivity contribution in [2.24, 2.45) is 5.41 Å². The second kappa shape index (κ2) is 8.31. The summed E-state index contributed by atoms with van der Waals surface area (Å²) < 4.78 is 38.1. The number of carbonyl (C=O) groups excluding carboxylic acids is 1. The van der Waals surface area contributed by atoms with Gasteiger partial charge in [-0.2, -0.15) is 13.2 Å². The summed E-state index contributed by atoms with van der Waals surface area (Å²) in [4.78, 5) is 16.8. The molecule has 0 aromatic heterocycles. The molecule has 2 aliphatic heterocycles. The Morgan fingerprint density at radius 1 is 1.07 bits per heavy atom. The zero-order valence-electron chi connectivity index (χ0n) is 16.7. The number of hydrogen-bond donors (Lipinski definition) is 1. The Kier molecular flexibility index (Phi) is 6.22. The molecular weight excluding hydrogens is 367 g/mol. The average molecular weight is 397 g/mol. The van der Waals surface area contributed by atoms with Crippen LogP contribution in [0.5, 0.6) is 0 Å². The molecule has 1 N–H and O–H groups in total. The lowest BCUT2D eigenvalue weighted by Crippen LogP contribution is -2.47. The number of amides is 1. The molecule has 0 aliphatic carbocycles. The highest BCUT2D eigenvalue weighted by atomic mass is 19.4. The lowest BCUT2D eigenvalue weighted by molar-refractivity contribution is -0.137. The van der Waals surface area contributed by atoms with Crippen LogP contribution in [0.3, 0.4) is 0 Å². The fourth-order valence-corrected chi connectivity index (χ4v) is 4.42. The van der Waals surface area contributed by atoms with Crippen LogP contribution in [0.25, 0.3) is 0 Å². The minimum atomic E-state index is -4.29. The van der Waals surface area contributed by atoms with Gasteiger partial charge in [0.2, 0.25) is 5.91 Å². The lowest BCUT2D eigenvalue weighted by Gasteiger charge is -2.36. The third-order valence-corrected chi connectivity index (χ3v) is 6.53. The van der Waals surface area contributed by atoms with Crippen LogP contribution in [0, 0.1) is 5.41 Å². The lowest BCUT2D eigenvalue weighted by atomic mass is 9.79. The van der Waals surface area contributed by atoms with E-state index in [4.69, 9.17) is 0 Å². The van der Waals surface area contributed by atoms with Gasteiger partial charge in [0.05, 0.1) is 11.0 Å². The summed E-state index contributed by atoms with van der Waals surface area (Å²) in [6.07, 6.45) is -0.645. The Bertz CT molecular complexity index is 662. The van der Waals surface area contributed by atoms with Crippen LogP contribution in [0.15, 0.2) is 24.3 Å². The fourth-order valence-electron chi connectivity index (χ4n) is 4.42. The van der Waals surface area contributed by atoms with Gasteiger partial charge in [0.1, 0.15) is 0 Å². The average Bonchev–Trinajstić information content (AvgIpc) is 3.02. The first kappa shape index (κ1) is 21.0. The van der Waals surface area contributed by atoms with Gasteiger partial charge in [-0.3, -0.25) is 9.69 Å². The Balaban J connectivity index is 1.45. The molecule has 2 heterocycles. The van der Waals surface area contributed by atoms with Crippen molar-refractivity contribution in [3.63, 3.8) is 0 Å². The van der Waals surface area contributed by atoms with Crippen molar-refractivity contribution in [2.45, 2.75) is 51.7 Å². The first-order chi connectivity index (χ1) is 13.3. The number of nitrogens with one attached hydrogen (secondary N) is 1. The van der Waals surface area contributed by atoms with Crippen LogP contribution in [0.4, 0.5) is 18.9 Å². The molecular formula is C21H30F3N3O. The van der Waals surface area contributed by atoms with Crippen molar-refractivity contribution in [1.29, 1.82) is 0 Å². The summed E-state index contributed by atoms with van der Waals surface area (Å²) in [5.74, 6) is 0.203. The molecule has 4 nitrogen and oxygen atoms in total. The Hall–Kier alpha value is -1.76. The predicted octanol–water partition coefficient (Wildman–Crippen LogP) is 3.91. The molecule has 2 saturated heterocycles. The van der Waals surface area contributed by atoms with Crippen molar-refractivity contribution in [3.05, 3.63) is 29.8 Å². The van der Waals surface area contributed by atoms with E-state index in [1.54, 1.807) is 12.1 Å². The number of halogens is 3. The molecule has 28 heavy (non-hydrogen) atoms.